The van der Waals surface area contributed by atoms with Crippen LogP contribution in [-0.4, -0.2) is 17.4 Å². The van der Waals surface area contributed by atoms with Crippen LogP contribution in [0.2, 0.25) is 0 Å². The number of carbonyl (C=O) groups is 1. The summed E-state index contributed by atoms with van der Waals surface area (Å²) >= 11 is 0. The summed E-state index contributed by atoms with van der Waals surface area (Å²) in [5, 5.41) is 1.03. The van der Waals surface area contributed by atoms with Crippen LogP contribution in [-0.2, 0) is 4.74 Å². The molecule has 1 aliphatic heterocycles. The number of para-hydroxylation sites is 1. The van der Waals surface area contributed by atoms with E-state index in [2.05, 4.69) is 4.98 Å². The minimum atomic E-state index is -0.131. The van der Waals surface area contributed by atoms with Gasteiger partial charge in [-0.3, -0.25) is 4.79 Å². The van der Waals surface area contributed by atoms with E-state index in [1.807, 2.05) is 36.4 Å². The summed E-state index contributed by atoms with van der Waals surface area (Å²) < 4.78 is 5.25. The van der Waals surface area contributed by atoms with E-state index in [9.17, 15) is 4.79 Å². The number of fused-ring (bicyclic) bond motifs is 1. The molecule has 2 aromatic rings. The molecule has 0 amide bonds. The summed E-state index contributed by atoms with van der Waals surface area (Å²) in [6, 6.07) is 11.4. The number of hydrogen-bond donors (Lipinski definition) is 0. The largest absolute Gasteiger partial charge is 0.489 e. The first kappa shape index (κ1) is 10.0. The number of pyridine rings is 1. The van der Waals surface area contributed by atoms with Crippen molar-refractivity contribution in [3.8, 4) is 0 Å². The molecule has 3 heteroatoms. The van der Waals surface area contributed by atoms with Gasteiger partial charge in [-0.1, -0.05) is 24.3 Å². The van der Waals surface area contributed by atoms with Gasteiger partial charge in [-0.15, -0.1) is 0 Å². The van der Waals surface area contributed by atoms with E-state index in [1.165, 1.54) is 0 Å². The lowest BCUT2D eigenvalue weighted by molar-refractivity contribution is 0.0938. The molecule has 2 heterocycles. The summed E-state index contributed by atoms with van der Waals surface area (Å²) in [6.45, 7) is 0.592. The quantitative estimate of drug-likeness (QED) is 0.738. The number of Topliss-reactive ketones (excluding diaryl/α,β-unsaturated/α-hetero) is 1. The maximum Gasteiger partial charge on any atom is 0.245 e. The van der Waals surface area contributed by atoms with Crippen molar-refractivity contribution in [1.82, 2.24) is 4.98 Å². The molecule has 0 atom stereocenters. The third kappa shape index (κ3) is 1.80. The van der Waals surface area contributed by atoms with Crippen LogP contribution < -0.4 is 0 Å². The maximum absolute atomic E-state index is 12.0. The van der Waals surface area contributed by atoms with Crippen LogP contribution in [0.3, 0.4) is 0 Å². The van der Waals surface area contributed by atoms with Crippen molar-refractivity contribution in [3.63, 3.8) is 0 Å². The number of aromatic nitrogens is 1. The highest BCUT2D eigenvalue weighted by molar-refractivity contribution is 6.07. The van der Waals surface area contributed by atoms with Crippen molar-refractivity contribution in [2.45, 2.75) is 6.42 Å². The van der Waals surface area contributed by atoms with Gasteiger partial charge in [-0.25, -0.2) is 4.98 Å². The Bertz CT molecular complexity index is 616. The Morgan fingerprint density at radius 3 is 2.88 bits per heavy atom. The SMILES string of the molecule is O=C(C1=CCCO1)c1ccc2ccccc2n1. The van der Waals surface area contributed by atoms with Crippen LogP contribution in [0.1, 0.15) is 16.9 Å². The maximum atomic E-state index is 12.0. The Morgan fingerprint density at radius 2 is 2.06 bits per heavy atom. The molecule has 1 aliphatic rings. The lowest BCUT2D eigenvalue weighted by Gasteiger charge is -2.03. The molecule has 17 heavy (non-hydrogen) atoms. The summed E-state index contributed by atoms with van der Waals surface area (Å²) in [7, 11) is 0. The second-order valence-electron chi connectivity index (χ2n) is 3.92. The molecule has 0 N–H and O–H groups in total. The highest BCUT2D eigenvalue weighted by Crippen LogP contribution is 2.17. The molecule has 0 bridgehead atoms. The molecule has 0 unspecified atom stereocenters. The molecule has 0 fully saturated rings. The van der Waals surface area contributed by atoms with E-state index in [0.29, 0.717) is 18.1 Å². The van der Waals surface area contributed by atoms with Gasteiger partial charge in [0.2, 0.25) is 5.78 Å². The van der Waals surface area contributed by atoms with E-state index < -0.39 is 0 Å². The molecule has 0 spiro atoms. The molecular formula is C14H11NO2. The van der Waals surface area contributed by atoms with Crippen molar-refractivity contribution < 1.29 is 9.53 Å². The van der Waals surface area contributed by atoms with Gasteiger partial charge >= 0.3 is 0 Å². The van der Waals surface area contributed by atoms with Gasteiger partial charge in [0, 0.05) is 11.8 Å². The normalized spacial score (nSPS) is 14.5. The van der Waals surface area contributed by atoms with Crippen molar-refractivity contribution >= 4 is 16.7 Å². The average molecular weight is 225 g/mol. The highest BCUT2D eigenvalue weighted by Gasteiger charge is 2.18. The van der Waals surface area contributed by atoms with Crippen LogP contribution in [0, 0.1) is 0 Å². The number of ether oxygens (including phenoxy) is 1. The number of nitrogens with zero attached hydrogens (tertiary/aromatic N) is 1. The smallest absolute Gasteiger partial charge is 0.245 e. The van der Waals surface area contributed by atoms with Crippen LogP contribution in [0.5, 0.6) is 0 Å². The zero-order chi connectivity index (χ0) is 11.7. The zero-order valence-electron chi connectivity index (χ0n) is 9.22. The second kappa shape index (κ2) is 4.01. The molecule has 0 saturated heterocycles. The van der Waals surface area contributed by atoms with Crippen LogP contribution in [0.25, 0.3) is 10.9 Å². The van der Waals surface area contributed by atoms with E-state index in [-0.39, 0.29) is 5.78 Å². The van der Waals surface area contributed by atoms with Gasteiger partial charge in [0.25, 0.3) is 0 Å². The Morgan fingerprint density at radius 1 is 1.18 bits per heavy atom. The molecule has 0 aliphatic carbocycles. The first-order chi connectivity index (χ1) is 8.34. The van der Waals surface area contributed by atoms with Crippen LogP contribution in [0.4, 0.5) is 0 Å². The Hall–Kier alpha value is -2.16. The lowest BCUT2D eigenvalue weighted by atomic mass is 10.1. The Labute approximate surface area is 98.7 Å². The topological polar surface area (TPSA) is 39.2 Å². The standard InChI is InChI=1S/C14H11NO2/c16-14(13-6-3-9-17-13)12-8-7-10-4-1-2-5-11(10)15-12/h1-2,4-8H,3,9H2. The van der Waals surface area contributed by atoms with Gasteiger partial charge < -0.3 is 4.74 Å². The predicted molar refractivity (Wildman–Crippen MR) is 64.7 cm³/mol. The average Bonchev–Trinajstić information content (AvgIpc) is 2.91. The monoisotopic (exact) mass is 225 g/mol. The number of rotatable bonds is 2. The number of ketones is 1. The van der Waals surface area contributed by atoms with Gasteiger partial charge in [0.15, 0.2) is 5.76 Å². The fourth-order valence-corrected chi connectivity index (χ4v) is 1.89. The van der Waals surface area contributed by atoms with Crippen LogP contribution >= 0.6 is 0 Å². The van der Waals surface area contributed by atoms with Crippen molar-refractivity contribution in [2.75, 3.05) is 6.61 Å². The molecule has 0 radical (unpaired) electrons. The first-order valence-electron chi connectivity index (χ1n) is 5.58. The van der Waals surface area contributed by atoms with Gasteiger partial charge in [-0.2, -0.15) is 0 Å². The lowest BCUT2D eigenvalue weighted by Crippen LogP contribution is -2.06. The second-order valence-corrected chi connectivity index (χ2v) is 3.92. The van der Waals surface area contributed by atoms with E-state index in [0.717, 1.165) is 17.3 Å². The zero-order valence-corrected chi connectivity index (χ0v) is 9.22. The van der Waals surface area contributed by atoms with E-state index in [4.69, 9.17) is 4.74 Å². The minimum Gasteiger partial charge on any atom is -0.489 e. The summed E-state index contributed by atoms with van der Waals surface area (Å²) in [6.07, 6.45) is 2.62. The third-order valence-electron chi connectivity index (χ3n) is 2.76. The molecule has 1 aromatic heterocycles. The van der Waals surface area contributed by atoms with E-state index in [1.54, 1.807) is 6.07 Å². The molecule has 3 rings (SSSR count). The van der Waals surface area contributed by atoms with Gasteiger partial charge in [0.1, 0.15) is 5.69 Å². The first-order valence-corrected chi connectivity index (χ1v) is 5.58. The van der Waals surface area contributed by atoms with Crippen molar-refractivity contribution in [2.24, 2.45) is 0 Å². The fraction of sp³-hybridized carbons (Fsp3) is 0.143. The Balaban J connectivity index is 2.03. The highest BCUT2D eigenvalue weighted by atomic mass is 16.5. The number of allylic oxidation sites excluding steroid dienone is 1. The number of benzene rings is 1. The molecular weight excluding hydrogens is 214 g/mol. The van der Waals surface area contributed by atoms with Crippen molar-refractivity contribution in [1.29, 1.82) is 0 Å². The number of carbonyl (C=O) groups excluding carboxylic acids is 1. The number of hydrogen-bond acceptors (Lipinski definition) is 3. The van der Waals surface area contributed by atoms with E-state index >= 15 is 0 Å². The molecule has 0 saturated carbocycles. The minimum absolute atomic E-state index is 0.131. The predicted octanol–water partition coefficient (Wildman–Crippen LogP) is 2.72. The van der Waals surface area contributed by atoms with Gasteiger partial charge in [-0.05, 0) is 18.2 Å². The Kier molecular flexibility index (Phi) is 2.37. The van der Waals surface area contributed by atoms with Crippen LogP contribution in [0.15, 0.2) is 48.2 Å². The van der Waals surface area contributed by atoms with Gasteiger partial charge in [0.05, 0.1) is 12.1 Å². The fourth-order valence-electron chi connectivity index (χ4n) is 1.89. The molecule has 1 aromatic carbocycles. The summed E-state index contributed by atoms with van der Waals surface area (Å²) in [5.74, 6) is 0.293. The summed E-state index contributed by atoms with van der Waals surface area (Å²) in [4.78, 5) is 16.4. The molecule has 84 valence electrons. The summed E-state index contributed by atoms with van der Waals surface area (Å²) in [5.41, 5.74) is 1.27. The molecule has 3 nitrogen and oxygen atoms in total. The third-order valence-corrected chi connectivity index (χ3v) is 2.76. The van der Waals surface area contributed by atoms with Crippen molar-refractivity contribution in [3.05, 3.63) is 53.9 Å².